The predicted octanol–water partition coefficient (Wildman–Crippen LogP) is 7.39. The molecule has 222 valence electrons. The Balaban J connectivity index is 1.82. The summed E-state index contributed by atoms with van der Waals surface area (Å²) >= 11 is 0. The standard InChI is InChI=1S/C31H30F3NO7/c1-5-38-28(36)18-27-29(30(37)39-6-2)25-17-24(41-22-11-13-23(14-12-22)42-31(32,33)34)15-16-26(25)35(27)20-7-9-21(10-8-20)40-19(3)4/h7-17,19H,5-6,18H2,1-4H3. The number of alkyl halides is 3. The van der Waals surface area contributed by atoms with Crippen LogP contribution in [0.25, 0.3) is 16.6 Å². The Morgan fingerprint density at radius 3 is 2.00 bits per heavy atom. The molecule has 11 heteroatoms. The monoisotopic (exact) mass is 585 g/mol. The van der Waals surface area contributed by atoms with Crippen molar-refractivity contribution >= 4 is 22.8 Å². The van der Waals surface area contributed by atoms with Gasteiger partial charge in [0.1, 0.15) is 23.0 Å². The predicted molar refractivity (Wildman–Crippen MR) is 149 cm³/mol. The van der Waals surface area contributed by atoms with Crippen LogP contribution < -0.4 is 14.2 Å². The first-order valence-electron chi connectivity index (χ1n) is 13.3. The summed E-state index contributed by atoms with van der Waals surface area (Å²) in [5.41, 5.74) is 1.79. The second-order valence-electron chi connectivity index (χ2n) is 9.32. The van der Waals surface area contributed by atoms with E-state index in [2.05, 4.69) is 4.74 Å². The van der Waals surface area contributed by atoms with Crippen molar-refractivity contribution < 1.29 is 46.4 Å². The van der Waals surface area contributed by atoms with Crippen LogP contribution in [0.3, 0.4) is 0 Å². The number of ether oxygens (including phenoxy) is 5. The van der Waals surface area contributed by atoms with E-state index in [0.717, 1.165) is 12.1 Å². The van der Waals surface area contributed by atoms with Crippen molar-refractivity contribution in [3.8, 4) is 28.7 Å². The lowest BCUT2D eigenvalue weighted by Gasteiger charge is -2.14. The SMILES string of the molecule is CCOC(=O)Cc1c(C(=O)OCC)c2cc(Oc3ccc(OC(F)(F)F)cc3)ccc2n1-c1ccc(OC(C)C)cc1. The van der Waals surface area contributed by atoms with Crippen molar-refractivity contribution in [2.24, 2.45) is 0 Å². The minimum Gasteiger partial charge on any atom is -0.491 e. The Kier molecular flexibility index (Phi) is 9.29. The molecule has 0 radical (unpaired) electrons. The van der Waals surface area contributed by atoms with Crippen LogP contribution in [0.4, 0.5) is 13.2 Å². The van der Waals surface area contributed by atoms with E-state index >= 15 is 0 Å². The van der Waals surface area contributed by atoms with E-state index < -0.39 is 18.3 Å². The molecule has 0 amide bonds. The van der Waals surface area contributed by atoms with Crippen LogP contribution in [0, 0.1) is 0 Å². The Hall–Kier alpha value is -4.67. The van der Waals surface area contributed by atoms with E-state index in [4.69, 9.17) is 18.9 Å². The molecule has 0 aliphatic carbocycles. The Morgan fingerprint density at radius 1 is 0.810 bits per heavy atom. The lowest BCUT2D eigenvalue weighted by Crippen LogP contribution is -2.16. The zero-order chi connectivity index (χ0) is 30.4. The molecule has 0 spiro atoms. The van der Waals surface area contributed by atoms with E-state index in [1.807, 2.05) is 26.0 Å². The summed E-state index contributed by atoms with van der Waals surface area (Å²) in [7, 11) is 0. The van der Waals surface area contributed by atoms with Gasteiger partial charge in [0.25, 0.3) is 0 Å². The van der Waals surface area contributed by atoms with Crippen LogP contribution in [0.15, 0.2) is 66.7 Å². The Bertz CT molecular complexity index is 1540. The highest BCUT2D eigenvalue weighted by atomic mass is 19.4. The first-order valence-corrected chi connectivity index (χ1v) is 13.3. The van der Waals surface area contributed by atoms with Gasteiger partial charge in [-0.1, -0.05) is 0 Å². The van der Waals surface area contributed by atoms with Crippen LogP contribution >= 0.6 is 0 Å². The lowest BCUT2D eigenvalue weighted by atomic mass is 10.1. The molecule has 1 aromatic heterocycles. The number of esters is 2. The second-order valence-corrected chi connectivity index (χ2v) is 9.32. The maximum Gasteiger partial charge on any atom is 0.573 e. The van der Waals surface area contributed by atoms with Gasteiger partial charge in [-0.25, -0.2) is 4.79 Å². The molecule has 3 aromatic carbocycles. The van der Waals surface area contributed by atoms with Crippen LogP contribution in [0.5, 0.6) is 23.0 Å². The van der Waals surface area contributed by atoms with Gasteiger partial charge in [-0.2, -0.15) is 0 Å². The molecule has 0 aliphatic heterocycles. The van der Waals surface area contributed by atoms with Gasteiger partial charge in [-0.05, 0) is 94.4 Å². The number of hydrogen-bond donors (Lipinski definition) is 0. The van der Waals surface area contributed by atoms with Gasteiger partial charge < -0.3 is 28.3 Å². The van der Waals surface area contributed by atoms with Gasteiger partial charge >= 0.3 is 18.3 Å². The molecule has 8 nitrogen and oxygen atoms in total. The fourth-order valence-corrected chi connectivity index (χ4v) is 4.42. The number of rotatable bonds is 11. The summed E-state index contributed by atoms with van der Waals surface area (Å²) in [6, 6.07) is 17.1. The quantitative estimate of drug-likeness (QED) is 0.170. The number of hydrogen-bond acceptors (Lipinski definition) is 7. The summed E-state index contributed by atoms with van der Waals surface area (Å²) in [5.74, 6) is -0.340. The molecule has 42 heavy (non-hydrogen) atoms. The van der Waals surface area contributed by atoms with Crippen LogP contribution in [-0.4, -0.2) is 42.2 Å². The van der Waals surface area contributed by atoms with Crippen molar-refractivity contribution in [3.05, 3.63) is 78.0 Å². The van der Waals surface area contributed by atoms with Crippen LogP contribution in [0.1, 0.15) is 43.7 Å². The Labute approximate surface area is 240 Å². The highest BCUT2D eigenvalue weighted by molar-refractivity contribution is 6.07. The molecular formula is C31H30F3NO7. The minimum atomic E-state index is -4.81. The summed E-state index contributed by atoms with van der Waals surface area (Å²) in [6.45, 7) is 7.48. The van der Waals surface area contributed by atoms with E-state index in [1.165, 1.54) is 12.1 Å². The molecule has 0 saturated heterocycles. The number of carbonyl (C=O) groups is 2. The minimum absolute atomic E-state index is 0.0233. The highest BCUT2D eigenvalue weighted by Gasteiger charge is 2.31. The first-order chi connectivity index (χ1) is 20.0. The second kappa shape index (κ2) is 12.9. The molecule has 0 atom stereocenters. The van der Waals surface area contributed by atoms with Gasteiger partial charge in [-0.15, -0.1) is 13.2 Å². The maximum atomic E-state index is 13.3. The molecule has 4 rings (SSSR count). The van der Waals surface area contributed by atoms with Gasteiger partial charge in [0.2, 0.25) is 0 Å². The molecule has 0 bridgehead atoms. The number of fused-ring (bicyclic) bond motifs is 1. The molecule has 1 heterocycles. The normalized spacial score (nSPS) is 11.4. The molecule has 0 N–H and O–H groups in total. The van der Waals surface area contributed by atoms with E-state index in [0.29, 0.717) is 33.8 Å². The number of benzene rings is 3. The third kappa shape index (κ3) is 7.34. The summed E-state index contributed by atoms with van der Waals surface area (Å²) in [5, 5.41) is 0.449. The van der Waals surface area contributed by atoms with Crippen molar-refractivity contribution in [2.75, 3.05) is 13.2 Å². The van der Waals surface area contributed by atoms with Gasteiger partial charge in [0, 0.05) is 16.8 Å². The highest BCUT2D eigenvalue weighted by Crippen LogP contribution is 2.36. The van der Waals surface area contributed by atoms with Gasteiger partial charge in [-0.3, -0.25) is 4.79 Å². The van der Waals surface area contributed by atoms with Crippen LogP contribution in [-0.2, 0) is 20.7 Å². The van der Waals surface area contributed by atoms with Crippen molar-refractivity contribution in [2.45, 2.75) is 46.6 Å². The Morgan fingerprint density at radius 2 is 1.40 bits per heavy atom. The third-order valence-corrected chi connectivity index (χ3v) is 5.89. The average molecular weight is 586 g/mol. The molecule has 4 aromatic rings. The third-order valence-electron chi connectivity index (χ3n) is 5.89. The summed E-state index contributed by atoms with van der Waals surface area (Å²) < 4.78 is 65.5. The van der Waals surface area contributed by atoms with Gasteiger partial charge in [0.05, 0.1) is 36.8 Å². The van der Waals surface area contributed by atoms with Crippen molar-refractivity contribution in [1.29, 1.82) is 0 Å². The molecule has 0 fully saturated rings. The van der Waals surface area contributed by atoms with Crippen molar-refractivity contribution in [1.82, 2.24) is 4.57 Å². The lowest BCUT2D eigenvalue weighted by molar-refractivity contribution is -0.274. The number of nitrogens with zero attached hydrogens (tertiary/aromatic N) is 1. The fraction of sp³-hybridized carbons (Fsp3) is 0.290. The van der Waals surface area contributed by atoms with Crippen LogP contribution in [0.2, 0.25) is 0 Å². The zero-order valence-corrected chi connectivity index (χ0v) is 23.5. The summed E-state index contributed by atoms with van der Waals surface area (Å²) in [4.78, 5) is 26.0. The maximum absolute atomic E-state index is 13.3. The largest absolute Gasteiger partial charge is 0.573 e. The molecule has 0 saturated carbocycles. The number of halogens is 3. The molecule has 0 unspecified atom stereocenters. The number of aromatic nitrogens is 1. The van der Waals surface area contributed by atoms with Crippen molar-refractivity contribution in [3.63, 3.8) is 0 Å². The zero-order valence-electron chi connectivity index (χ0n) is 23.5. The smallest absolute Gasteiger partial charge is 0.491 e. The average Bonchev–Trinajstić information content (AvgIpc) is 3.22. The fourth-order valence-electron chi connectivity index (χ4n) is 4.42. The molecular weight excluding hydrogens is 555 g/mol. The van der Waals surface area contributed by atoms with E-state index in [9.17, 15) is 22.8 Å². The number of carbonyl (C=O) groups excluding carboxylic acids is 2. The van der Waals surface area contributed by atoms with E-state index in [-0.39, 0.29) is 42.8 Å². The van der Waals surface area contributed by atoms with Gasteiger partial charge in [0.15, 0.2) is 0 Å². The van der Waals surface area contributed by atoms with E-state index in [1.54, 1.807) is 48.7 Å². The summed E-state index contributed by atoms with van der Waals surface area (Å²) in [6.07, 6.45) is -5.05. The molecule has 0 aliphatic rings. The first kappa shape index (κ1) is 30.3. The topological polar surface area (TPSA) is 85.2 Å².